The summed E-state index contributed by atoms with van der Waals surface area (Å²) in [6.45, 7) is 9.71. The van der Waals surface area contributed by atoms with E-state index in [1.54, 1.807) is 19.5 Å². The minimum Gasteiger partial charge on any atom is -0.491 e. The number of piperidine rings is 2. The van der Waals surface area contributed by atoms with Crippen LogP contribution in [0.5, 0.6) is 5.75 Å². The van der Waals surface area contributed by atoms with Gasteiger partial charge in [-0.3, -0.25) is 39.0 Å². The molecule has 1 unspecified atom stereocenters. The first-order valence-corrected chi connectivity index (χ1v) is 27.8. The second-order valence-corrected chi connectivity index (χ2v) is 23.7. The number of nitrogens with zero attached hydrogens (tertiary/aromatic N) is 8. The molecule has 5 aliphatic heterocycles. The van der Waals surface area contributed by atoms with Crippen LogP contribution in [0.25, 0.3) is 21.9 Å². The highest BCUT2D eigenvalue weighted by Crippen LogP contribution is 2.48. The minimum atomic E-state index is -2.72. The lowest BCUT2D eigenvalue weighted by molar-refractivity contribution is -0.136. The molecule has 6 aromatic rings. The van der Waals surface area contributed by atoms with Crippen LogP contribution < -0.4 is 35.8 Å². The summed E-state index contributed by atoms with van der Waals surface area (Å²) >= 11 is 3.64. The van der Waals surface area contributed by atoms with Crippen molar-refractivity contribution in [1.82, 2.24) is 34.9 Å². The quantitative estimate of drug-likeness (QED) is 0.0811. The summed E-state index contributed by atoms with van der Waals surface area (Å²) < 4.78 is 38.2. The van der Waals surface area contributed by atoms with Gasteiger partial charge in [0.05, 0.1) is 51.2 Å². The van der Waals surface area contributed by atoms with Crippen LogP contribution in [-0.2, 0) is 27.6 Å². The number of benzene rings is 4. The van der Waals surface area contributed by atoms with Crippen molar-refractivity contribution in [2.75, 3.05) is 86.2 Å². The predicted molar refractivity (Wildman–Crippen MR) is 278 cm³/mol. The molecule has 372 valence electrons. The van der Waals surface area contributed by atoms with Gasteiger partial charge in [0.2, 0.25) is 17.8 Å². The Balaban J connectivity index is 0.751. The molecule has 3 saturated heterocycles. The number of rotatable bonds is 12. The van der Waals surface area contributed by atoms with Gasteiger partial charge in [-0.05, 0) is 102 Å². The number of imide groups is 2. The fraction of sp³-hybridized carbons (Fsp3) is 0.365. The van der Waals surface area contributed by atoms with E-state index in [4.69, 9.17) is 9.72 Å². The molecule has 4 aromatic carbocycles. The summed E-state index contributed by atoms with van der Waals surface area (Å²) in [4.78, 5) is 68.3. The van der Waals surface area contributed by atoms with E-state index < -0.39 is 42.6 Å². The zero-order chi connectivity index (χ0) is 50.0. The van der Waals surface area contributed by atoms with Crippen molar-refractivity contribution >= 4 is 97.3 Å². The molecule has 0 bridgehead atoms. The Kier molecular flexibility index (Phi) is 12.6. The minimum absolute atomic E-state index is 0.0148. The largest absolute Gasteiger partial charge is 0.491 e. The Hall–Kier alpha value is -6.69. The Morgan fingerprint density at radius 3 is 2.36 bits per heavy atom. The van der Waals surface area contributed by atoms with Gasteiger partial charge in [0.1, 0.15) is 30.6 Å². The topological polar surface area (TPSA) is 187 Å². The van der Waals surface area contributed by atoms with E-state index in [9.17, 15) is 23.7 Å². The number of nitrogens with one attached hydrogen (secondary N) is 3. The Labute approximate surface area is 424 Å². The van der Waals surface area contributed by atoms with Crippen LogP contribution in [0.3, 0.4) is 0 Å². The number of amides is 4. The summed E-state index contributed by atoms with van der Waals surface area (Å²) in [6.07, 6.45) is 9.15. The van der Waals surface area contributed by atoms with Crippen molar-refractivity contribution in [3.8, 4) is 16.9 Å². The van der Waals surface area contributed by atoms with Crippen LogP contribution in [0, 0.1) is 11.7 Å². The van der Waals surface area contributed by atoms with Gasteiger partial charge in [0.25, 0.3) is 11.8 Å². The van der Waals surface area contributed by atoms with Crippen LogP contribution in [-0.4, -0.2) is 125 Å². The van der Waals surface area contributed by atoms with Crippen molar-refractivity contribution < 1.29 is 32.9 Å². The van der Waals surface area contributed by atoms with E-state index in [0.717, 1.165) is 125 Å². The Morgan fingerprint density at radius 2 is 1.62 bits per heavy atom. The number of piperazine rings is 1. The molecule has 5 aliphatic rings. The lowest BCUT2D eigenvalue weighted by atomic mass is 9.92. The average molecular weight is 1060 g/mol. The number of hydrogen-bond donors (Lipinski definition) is 3. The maximum Gasteiger partial charge on any atom is 0.262 e. The smallest absolute Gasteiger partial charge is 0.262 e. The number of halogens is 2. The van der Waals surface area contributed by atoms with Gasteiger partial charge < -0.3 is 29.7 Å². The third-order valence-corrected chi connectivity index (χ3v) is 16.8. The molecule has 17 nitrogen and oxygen atoms in total. The maximum atomic E-state index is 15.6. The van der Waals surface area contributed by atoms with Crippen LogP contribution >= 0.6 is 23.1 Å². The number of ether oxygens (including phenoxy) is 1. The number of anilines is 6. The fourth-order valence-corrected chi connectivity index (χ4v) is 12.8. The standard InChI is InChI=1S/C52H54BrFN11O6P/c1-61-29-32(27-56-61)35-25-41(58-52-55-28-38(53)48(60-52)57-40-9-8-31-6-4-5-7-33(31)47(40)72(2,3)70)46-34(15-23-71-46)45(35)64-21-19-62(20-22-64)16-12-30-13-17-63(18-14-30)43-26-37-36(24-39(43)54)50(68)65(51(37)69)42-10-11-44(66)59-49(42)67/h4-9,24-30,42H,10-23H2,1-3H3,(H,59,66,67)(H2,55,57,58,60). The molecule has 4 amide bonds. The normalized spacial score (nSPS) is 18.7. The molecule has 72 heavy (non-hydrogen) atoms. The maximum absolute atomic E-state index is 15.6. The molecule has 3 N–H and O–H groups in total. The molecule has 0 saturated carbocycles. The molecule has 11 rings (SSSR count). The van der Waals surface area contributed by atoms with Crippen LogP contribution in [0.15, 0.2) is 77.7 Å². The van der Waals surface area contributed by atoms with Crippen molar-refractivity contribution in [3.63, 3.8) is 0 Å². The van der Waals surface area contributed by atoms with Crippen LogP contribution in [0.2, 0.25) is 0 Å². The second kappa shape index (κ2) is 19.1. The van der Waals surface area contributed by atoms with E-state index in [-0.39, 0.29) is 29.7 Å². The Bertz CT molecular complexity index is 3260. The average Bonchev–Trinajstić information content (AvgIpc) is 4.09. The van der Waals surface area contributed by atoms with E-state index in [2.05, 4.69) is 57.8 Å². The molecule has 0 spiro atoms. The van der Waals surface area contributed by atoms with Crippen molar-refractivity contribution in [1.29, 1.82) is 0 Å². The summed E-state index contributed by atoms with van der Waals surface area (Å²) in [5, 5.41) is 16.4. The molecule has 7 heterocycles. The second-order valence-electron chi connectivity index (χ2n) is 19.6. The van der Waals surface area contributed by atoms with Crippen LogP contribution in [0.4, 0.5) is 38.9 Å². The third-order valence-electron chi connectivity index (χ3n) is 14.6. The number of fused-ring (bicyclic) bond motifs is 3. The lowest BCUT2D eigenvalue weighted by Gasteiger charge is -2.39. The first-order chi connectivity index (χ1) is 34.7. The molecule has 3 fully saturated rings. The zero-order valence-electron chi connectivity index (χ0n) is 40.2. The SMILES string of the molecule is Cn1cc(-c2cc(Nc3ncc(Br)c(Nc4ccc5ccccc5c4P(C)(C)=O)n3)c3c(c2N2CCN(CCC4CCN(c5cc6c(cc5F)C(=O)N(C5CCC(=O)NC5=O)C6=O)CC4)CC2)CCO3)cn1. The highest BCUT2D eigenvalue weighted by atomic mass is 79.9. The summed E-state index contributed by atoms with van der Waals surface area (Å²) in [5.74, 6) is -0.974. The highest BCUT2D eigenvalue weighted by Gasteiger charge is 2.45. The first-order valence-electron chi connectivity index (χ1n) is 24.4. The van der Waals surface area contributed by atoms with Gasteiger partial charge in [0, 0.05) is 93.5 Å². The van der Waals surface area contributed by atoms with E-state index in [1.807, 2.05) is 65.4 Å². The van der Waals surface area contributed by atoms with Gasteiger partial charge in [-0.1, -0.05) is 30.3 Å². The molecular formula is C52H54BrFN11O6P. The number of carbonyl (C=O) groups is 4. The summed E-state index contributed by atoms with van der Waals surface area (Å²) in [7, 11) is -0.805. The van der Waals surface area contributed by atoms with Crippen molar-refractivity contribution in [2.45, 2.75) is 44.6 Å². The molecular weight excluding hydrogens is 1000 g/mol. The van der Waals surface area contributed by atoms with Gasteiger partial charge >= 0.3 is 0 Å². The number of hydrogen-bond acceptors (Lipinski definition) is 14. The van der Waals surface area contributed by atoms with Gasteiger partial charge in [-0.25, -0.2) is 9.37 Å². The number of aromatic nitrogens is 4. The molecule has 0 aliphatic carbocycles. The number of aryl methyl sites for hydroxylation is 1. The van der Waals surface area contributed by atoms with Crippen molar-refractivity contribution in [2.24, 2.45) is 13.0 Å². The van der Waals surface area contributed by atoms with E-state index in [0.29, 0.717) is 41.9 Å². The van der Waals surface area contributed by atoms with Gasteiger partial charge in [-0.15, -0.1) is 0 Å². The van der Waals surface area contributed by atoms with E-state index >= 15 is 4.39 Å². The third kappa shape index (κ3) is 8.99. The van der Waals surface area contributed by atoms with Crippen LogP contribution in [0.1, 0.15) is 58.4 Å². The summed E-state index contributed by atoms with van der Waals surface area (Å²) in [5.41, 5.74) is 6.07. The summed E-state index contributed by atoms with van der Waals surface area (Å²) in [6, 6.07) is 15.5. The number of carbonyl (C=O) groups excluding carboxylic acids is 4. The molecule has 20 heteroatoms. The molecule has 1 atom stereocenters. The Morgan fingerprint density at radius 1 is 0.861 bits per heavy atom. The lowest BCUT2D eigenvalue weighted by Crippen LogP contribution is -2.54. The predicted octanol–water partition coefficient (Wildman–Crippen LogP) is 7.43. The van der Waals surface area contributed by atoms with Gasteiger partial charge in [-0.2, -0.15) is 10.1 Å². The van der Waals surface area contributed by atoms with Gasteiger partial charge in [0.15, 0.2) is 0 Å². The molecule has 0 radical (unpaired) electrons. The highest BCUT2D eigenvalue weighted by molar-refractivity contribution is 9.10. The molecule has 2 aromatic heterocycles. The zero-order valence-corrected chi connectivity index (χ0v) is 42.7. The van der Waals surface area contributed by atoms with E-state index in [1.165, 1.54) is 6.07 Å². The first kappa shape index (κ1) is 47.6. The van der Waals surface area contributed by atoms with Crippen molar-refractivity contribution in [3.05, 3.63) is 100 Å². The monoisotopic (exact) mass is 1060 g/mol. The fourth-order valence-electron chi connectivity index (χ4n) is 11.0.